The van der Waals surface area contributed by atoms with Gasteiger partial charge in [-0.1, -0.05) is 0 Å². The van der Waals surface area contributed by atoms with Crippen molar-refractivity contribution in [2.24, 2.45) is 0 Å². The molecular weight excluding hydrogens is 218 g/mol. The number of aromatic nitrogens is 1. The largest absolute Gasteiger partial charge is 0.461 e. The van der Waals surface area contributed by atoms with Gasteiger partial charge in [0.1, 0.15) is 11.6 Å². The summed E-state index contributed by atoms with van der Waals surface area (Å²) in [5.74, 6) is -0.828. The van der Waals surface area contributed by atoms with E-state index in [4.69, 9.17) is 9.47 Å². The van der Waals surface area contributed by atoms with Crippen molar-refractivity contribution in [3.05, 3.63) is 16.1 Å². The molecule has 0 spiro atoms. The van der Waals surface area contributed by atoms with Gasteiger partial charge < -0.3 is 9.47 Å². The minimum absolute atomic E-state index is 0.0966. The Morgan fingerprint density at radius 2 is 2.20 bits per heavy atom. The number of hydrogen-bond donors (Lipinski definition) is 0. The lowest BCUT2D eigenvalue weighted by Crippen LogP contribution is -2.05. The van der Waals surface area contributed by atoms with Crippen LogP contribution in [0.1, 0.15) is 29.3 Å². The van der Waals surface area contributed by atoms with Crippen LogP contribution in [-0.4, -0.2) is 23.5 Å². The number of carbonyl (C=O) groups is 2. The minimum Gasteiger partial charge on any atom is -0.461 e. The Hall–Kier alpha value is -1.43. The van der Waals surface area contributed by atoms with E-state index in [9.17, 15) is 9.59 Å². The van der Waals surface area contributed by atoms with E-state index in [1.165, 1.54) is 18.3 Å². The van der Waals surface area contributed by atoms with Crippen LogP contribution in [0, 0.1) is 0 Å². The van der Waals surface area contributed by atoms with Crippen LogP contribution < -0.4 is 0 Å². The molecule has 0 aliphatic rings. The maximum absolute atomic E-state index is 11.2. The first kappa shape index (κ1) is 11.6. The molecule has 0 aliphatic carbocycles. The second kappa shape index (κ2) is 5.45. The van der Waals surface area contributed by atoms with Crippen molar-refractivity contribution in [2.45, 2.75) is 20.5 Å². The fourth-order valence-electron chi connectivity index (χ4n) is 0.839. The van der Waals surface area contributed by atoms with Crippen LogP contribution in [0.2, 0.25) is 0 Å². The molecule has 0 aliphatic heterocycles. The zero-order chi connectivity index (χ0) is 11.3. The van der Waals surface area contributed by atoms with Crippen LogP contribution in [0.5, 0.6) is 0 Å². The SMILES string of the molecule is CCOC(=O)c1csc(COC(C)=O)n1. The van der Waals surface area contributed by atoms with Gasteiger partial charge in [0.25, 0.3) is 0 Å². The Morgan fingerprint density at radius 3 is 2.80 bits per heavy atom. The van der Waals surface area contributed by atoms with Crippen molar-refractivity contribution in [1.29, 1.82) is 0 Å². The first-order chi connectivity index (χ1) is 7.13. The third-order valence-corrected chi connectivity index (χ3v) is 2.26. The maximum atomic E-state index is 11.2. The Labute approximate surface area is 91.0 Å². The molecule has 6 heteroatoms. The fourth-order valence-corrected chi connectivity index (χ4v) is 1.51. The first-order valence-corrected chi connectivity index (χ1v) is 5.26. The lowest BCUT2D eigenvalue weighted by molar-refractivity contribution is -0.142. The molecule has 82 valence electrons. The normalized spacial score (nSPS) is 9.73. The Kier molecular flexibility index (Phi) is 4.23. The molecule has 0 aromatic carbocycles. The lowest BCUT2D eigenvalue weighted by atomic mass is 10.5. The van der Waals surface area contributed by atoms with E-state index in [1.807, 2.05) is 0 Å². The van der Waals surface area contributed by atoms with E-state index < -0.39 is 5.97 Å². The number of ether oxygens (including phenoxy) is 2. The third-order valence-electron chi connectivity index (χ3n) is 1.44. The highest BCUT2D eigenvalue weighted by Crippen LogP contribution is 2.11. The molecule has 0 amide bonds. The molecule has 0 unspecified atom stereocenters. The van der Waals surface area contributed by atoms with Gasteiger partial charge in [-0.3, -0.25) is 4.79 Å². The number of hydrogen-bond acceptors (Lipinski definition) is 6. The van der Waals surface area contributed by atoms with Gasteiger partial charge in [-0.15, -0.1) is 11.3 Å². The van der Waals surface area contributed by atoms with E-state index in [-0.39, 0.29) is 18.3 Å². The number of rotatable bonds is 4. The highest BCUT2D eigenvalue weighted by atomic mass is 32.1. The molecule has 0 atom stereocenters. The van der Waals surface area contributed by atoms with Gasteiger partial charge in [-0.2, -0.15) is 0 Å². The topological polar surface area (TPSA) is 65.5 Å². The summed E-state index contributed by atoms with van der Waals surface area (Å²) >= 11 is 1.26. The summed E-state index contributed by atoms with van der Waals surface area (Å²) in [5.41, 5.74) is 0.254. The van der Waals surface area contributed by atoms with Crippen molar-refractivity contribution in [1.82, 2.24) is 4.98 Å². The molecule has 0 radical (unpaired) electrons. The van der Waals surface area contributed by atoms with E-state index in [1.54, 1.807) is 12.3 Å². The highest BCUT2D eigenvalue weighted by molar-refractivity contribution is 7.09. The summed E-state index contributed by atoms with van der Waals surface area (Å²) < 4.78 is 9.50. The standard InChI is InChI=1S/C9H11NO4S/c1-3-13-9(12)7-5-15-8(10-7)4-14-6(2)11/h5H,3-4H2,1-2H3. The fraction of sp³-hybridized carbons (Fsp3) is 0.444. The third kappa shape index (κ3) is 3.67. The van der Waals surface area contributed by atoms with Crippen molar-refractivity contribution in [2.75, 3.05) is 6.61 Å². The van der Waals surface area contributed by atoms with Gasteiger partial charge >= 0.3 is 11.9 Å². The van der Waals surface area contributed by atoms with Gasteiger partial charge in [0.05, 0.1) is 6.61 Å². The van der Waals surface area contributed by atoms with Gasteiger partial charge in [-0.25, -0.2) is 9.78 Å². The smallest absolute Gasteiger partial charge is 0.357 e. The van der Waals surface area contributed by atoms with Crippen LogP contribution in [0.25, 0.3) is 0 Å². The van der Waals surface area contributed by atoms with Crippen molar-refractivity contribution < 1.29 is 19.1 Å². The summed E-state index contributed by atoms with van der Waals surface area (Å²) in [5, 5.41) is 2.16. The first-order valence-electron chi connectivity index (χ1n) is 4.38. The molecule has 0 fully saturated rings. The number of esters is 2. The van der Waals surface area contributed by atoms with Crippen LogP contribution >= 0.6 is 11.3 Å². The minimum atomic E-state index is -0.456. The molecule has 1 aromatic heterocycles. The molecule has 5 nitrogen and oxygen atoms in total. The summed E-state index contributed by atoms with van der Waals surface area (Å²) in [6, 6.07) is 0. The summed E-state index contributed by atoms with van der Waals surface area (Å²) in [6.45, 7) is 3.46. The zero-order valence-corrected chi connectivity index (χ0v) is 9.30. The molecule has 0 bridgehead atoms. The Bertz CT molecular complexity index is 361. The average molecular weight is 229 g/mol. The second-order valence-electron chi connectivity index (χ2n) is 2.63. The van der Waals surface area contributed by atoms with Crippen LogP contribution in [0.4, 0.5) is 0 Å². The van der Waals surface area contributed by atoms with E-state index in [0.29, 0.717) is 11.6 Å². The van der Waals surface area contributed by atoms with Crippen LogP contribution in [-0.2, 0) is 20.9 Å². The molecule has 0 saturated carbocycles. The van der Waals surface area contributed by atoms with Crippen LogP contribution in [0.15, 0.2) is 5.38 Å². The number of carbonyl (C=O) groups excluding carboxylic acids is 2. The van der Waals surface area contributed by atoms with Gasteiger partial charge in [-0.05, 0) is 6.92 Å². The lowest BCUT2D eigenvalue weighted by Gasteiger charge is -1.97. The summed E-state index contributed by atoms with van der Waals surface area (Å²) in [4.78, 5) is 25.7. The quantitative estimate of drug-likeness (QED) is 0.730. The van der Waals surface area contributed by atoms with Gasteiger partial charge in [0.15, 0.2) is 5.69 Å². The molecule has 1 rings (SSSR count). The van der Waals surface area contributed by atoms with E-state index in [2.05, 4.69) is 4.98 Å². The van der Waals surface area contributed by atoms with Gasteiger partial charge in [0.2, 0.25) is 0 Å². The Balaban J connectivity index is 2.56. The maximum Gasteiger partial charge on any atom is 0.357 e. The average Bonchev–Trinajstić information content (AvgIpc) is 2.63. The number of nitrogens with zero attached hydrogens (tertiary/aromatic N) is 1. The van der Waals surface area contributed by atoms with Gasteiger partial charge in [0, 0.05) is 12.3 Å². The molecule has 1 heterocycles. The summed E-state index contributed by atoms with van der Waals surface area (Å²) in [6.07, 6.45) is 0. The zero-order valence-electron chi connectivity index (χ0n) is 8.48. The molecule has 15 heavy (non-hydrogen) atoms. The predicted octanol–water partition coefficient (Wildman–Crippen LogP) is 1.38. The van der Waals surface area contributed by atoms with Crippen molar-refractivity contribution in [3.8, 4) is 0 Å². The number of thiazole rings is 1. The molecule has 1 aromatic rings. The predicted molar refractivity (Wildman–Crippen MR) is 53.5 cm³/mol. The second-order valence-corrected chi connectivity index (χ2v) is 3.57. The highest BCUT2D eigenvalue weighted by Gasteiger charge is 2.11. The van der Waals surface area contributed by atoms with E-state index >= 15 is 0 Å². The molecule has 0 saturated heterocycles. The van der Waals surface area contributed by atoms with E-state index in [0.717, 1.165) is 0 Å². The summed E-state index contributed by atoms with van der Waals surface area (Å²) in [7, 11) is 0. The van der Waals surface area contributed by atoms with Crippen LogP contribution in [0.3, 0.4) is 0 Å². The van der Waals surface area contributed by atoms with Crippen molar-refractivity contribution in [3.63, 3.8) is 0 Å². The molecule has 0 N–H and O–H groups in total. The monoisotopic (exact) mass is 229 g/mol. The Morgan fingerprint density at radius 1 is 1.47 bits per heavy atom. The van der Waals surface area contributed by atoms with Crippen molar-refractivity contribution >= 4 is 23.3 Å². The molecular formula is C9H11NO4S.